The fraction of sp³-hybridized carbons (Fsp3) is 0.278. The lowest BCUT2D eigenvalue weighted by Gasteiger charge is -2.29. The number of benzene rings is 2. The van der Waals surface area contributed by atoms with E-state index in [-0.39, 0.29) is 18.7 Å². The van der Waals surface area contributed by atoms with Gasteiger partial charge in [0.1, 0.15) is 0 Å². The topological polar surface area (TPSA) is 52.6 Å². The third-order valence-electron chi connectivity index (χ3n) is 3.85. The van der Waals surface area contributed by atoms with Crippen LogP contribution in [0.3, 0.4) is 0 Å². The summed E-state index contributed by atoms with van der Waals surface area (Å²) in [5, 5.41) is 11.6. The number of urea groups is 1. The minimum absolute atomic E-state index is 0.156. The van der Waals surface area contributed by atoms with Crippen LogP contribution >= 0.6 is 0 Å². The predicted molar refractivity (Wildman–Crippen MR) is 89.1 cm³/mol. The highest BCUT2D eigenvalue weighted by Crippen LogP contribution is 2.35. The zero-order valence-corrected chi connectivity index (χ0v) is 13.6. The molecule has 0 spiro atoms. The molecule has 2 rings (SSSR count). The summed E-state index contributed by atoms with van der Waals surface area (Å²) in [5.74, 6) is 0. The first-order valence-electron chi connectivity index (χ1n) is 7.70. The summed E-state index contributed by atoms with van der Waals surface area (Å²) in [4.78, 5) is 13.7. The van der Waals surface area contributed by atoms with Crippen molar-refractivity contribution in [3.63, 3.8) is 0 Å². The monoisotopic (exact) mass is 352 g/mol. The van der Waals surface area contributed by atoms with Crippen molar-refractivity contribution < 1.29 is 23.1 Å². The molecule has 25 heavy (non-hydrogen) atoms. The van der Waals surface area contributed by atoms with Gasteiger partial charge in [-0.15, -0.1) is 0 Å². The van der Waals surface area contributed by atoms with E-state index in [0.717, 1.165) is 11.6 Å². The average Bonchev–Trinajstić information content (AvgIpc) is 2.59. The van der Waals surface area contributed by atoms with Crippen LogP contribution in [0.4, 0.5) is 23.7 Å². The zero-order valence-electron chi connectivity index (χ0n) is 13.6. The smallest absolute Gasteiger partial charge is 0.396 e. The van der Waals surface area contributed by atoms with Gasteiger partial charge in [0.25, 0.3) is 0 Å². The lowest BCUT2D eigenvalue weighted by atomic mass is 10.0. The van der Waals surface area contributed by atoms with Gasteiger partial charge in [-0.05, 0) is 24.1 Å². The number of halogens is 3. The number of hydrogen-bond donors (Lipinski definition) is 2. The molecule has 2 aromatic rings. The SMILES string of the molecule is CN(C(=O)Nc1ccccc1C(F)(F)F)C(CCO)c1ccccc1. The van der Waals surface area contributed by atoms with Crippen LogP contribution in [0.25, 0.3) is 0 Å². The molecule has 2 aromatic carbocycles. The Labute approximate surface area is 143 Å². The van der Waals surface area contributed by atoms with Crippen molar-refractivity contribution >= 4 is 11.7 Å². The highest BCUT2D eigenvalue weighted by Gasteiger charge is 2.34. The number of aliphatic hydroxyl groups is 1. The van der Waals surface area contributed by atoms with Crippen LogP contribution in [0.2, 0.25) is 0 Å². The summed E-state index contributed by atoms with van der Waals surface area (Å²) < 4.78 is 39.1. The Bertz CT molecular complexity index is 705. The first-order chi connectivity index (χ1) is 11.8. The maximum atomic E-state index is 13.0. The maximum absolute atomic E-state index is 13.0. The summed E-state index contributed by atoms with van der Waals surface area (Å²) in [5.41, 5.74) is -0.420. The molecule has 0 fully saturated rings. The Balaban J connectivity index is 2.22. The minimum Gasteiger partial charge on any atom is -0.396 e. The molecule has 0 aromatic heterocycles. The molecule has 0 heterocycles. The van der Waals surface area contributed by atoms with Crippen molar-refractivity contribution in [3.05, 3.63) is 65.7 Å². The van der Waals surface area contributed by atoms with Crippen LogP contribution < -0.4 is 5.32 Å². The summed E-state index contributed by atoms with van der Waals surface area (Å²) in [6.45, 7) is -0.156. The fourth-order valence-corrected chi connectivity index (χ4v) is 2.57. The Kier molecular flexibility index (Phi) is 6.03. The van der Waals surface area contributed by atoms with Crippen LogP contribution in [0.1, 0.15) is 23.6 Å². The number of alkyl halides is 3. The molecule has 0 aliphatic heterocycles. The number of anilines is 1. The van der Waals surface area contributed by atoms with Crippen molar-refractivity contribution in [3.8, 4) is 0 Å². The fourth-order valence-electron chi connectivity index (χ4n) is 2.57. The molecule has 1 atom stereocenters. The van der Waals surface area contributed by atoms with Gasteiger partial charge in [0.2, 0.25) is 0 Å². The van der Waals surface area contributed by atoms with Crippen LogP contribution in [-0.2, 0) is 6.18 Å². The van der Waals surface area contributed by atoms with E-state index in [1.165, 1.54) is 30.1 Å². The number of carbonyl (C=O) groups excluding carboxylic acids is 1. The molecule has 2 N–H and O–H groups in total. The van der Waals surface area contributed by atoms with Gasteiger partial charge >= 0.3 is 12.2 Å². The maximum Gasteiger partial charge on any atom is 0.418 e. The molecule has 1 unspecified atom stereocenters. The lowest BCUT2D eigenvalue weighted by Crippen LogP contribution is -2.35. The van der Waals surface area contributed by atoms with E-state index in [9.17, 15) is 23.1 Å². The van der Waals surface area contributed by atoms with Crippen molar-refractivity contribution in [2.45, 2.75) is 18.6 Å². The molecular formula is C18H19F3N2O2. The van der Waals surface area contributed by atoms with Gasteiger partial charge in [0.15, 0.2) is 0 Å². The largest absolute Gasteiger partial charge is 0.418 e. The number of aliphatic hydroxyl groups excluding tert-OH is 1. The Hall–Kier alpha value is -2.54. The zero-order chi connectivity index (χ0) is 18.4. The number of nitrogens with one attached hydrogen (secondary N) is 1. The molecule has 0 bridgehead atoms. The van der Waals surface area contributed by atoms with E-state index in [4.69, 9.17) is 0 Å². The second kappa shape index (κ2) is 8.02. The summed E-state index contributed by atoms with van der Waals surface area (Å²) in [7, 11) is 1.48. The number of rotatable bonds is 5. The highest BCUT2D eigenvalue weighted by atomic mass is 19.4. The van der Waals surface area contributed by atoms with E-state index in [1.54, 1.807) is 24.3 Å². The molecule has 4 nitrogen and oxygen atoms in total. The van der Waals surface area contributed by atoms with Crippen molar-refractivity contribution in [2.24, 2.45) is 0 Å². The van der Waals surface area contributed by atoms with Gasteiger partial charge in [-0.25, -0.2) is 4.79 Å². The molecule has 0 saturated carbocycles. The van der Waals surface area contributed by atoms with Crippen LogP contribution in [0.15, 0.2) is 54.6 Å². The van der Waals surface area contributed by atoms with Gasteiger partial charge in [-0.3, -0.25) is 0 Å². The third kappa shape index (κ3) is 4.73. The van der Waals surface area contributed by atoms with Crippen molar-refractivity contribution in [2.75, 3.05) is 19.0 Å². The summed E-state index contributed by atoms with van der Waals surface area (Å²) >= 11 is 0. The van der Waals surface area contributed by atoms with E-state index >= 15 is 0 Å². The van der Waals surface area contributed by atoms with Gasteiger partial charge in [-0.1, -0.05) is 42.5 Å². The Morgan fingerprint density at radius 3 is 2.32 bits per heavy atom. The molecule has 0 aliphatic rings. The van der Waals surface area contributed by atoms with E-state index in [1.807, 2.05) is 6.07 Å². The molecule has 2 amide bonds. The number of nitrogens with zero attached hydrogens (tertiary/aromatic N) is 1. The van der Waals surface area contributed by atoms with Gasteiger partial charge < -0.3 is 15.3 Å². The normalized spacial score (nSPS) is 12.5. The summed E-state index contributed by atoms with van der Waals surface area (Å²) in [6, 6.07) is 12.7. The van der Waals surface area contributed by atoms with Gasteiger partial charge in [0.05, 0.1) is 17.3 Å². The molecule has 0 saturated heterocycles. The molecule has 0 radical (unpaired) electrons. The number of hydrogen-bond acceptors (Lipinski definition) is 2. The van der Waals surface area contributed by atoms with Crippen LogP contribution in [0, 0.1) is 0 Å². The van der Waals surface area contributed by atoms with E-state index in [2.05, 4.69) is 5.32 Å². The molecule has 7 heteroatoms. The lowest BCUT2D eigenvalue weighted by molar-refractivity contribution is -0.136. The molecule has 134 valence electrons. The Morgan fingerprint density at radius 2 is 1.72 bits per heavy atom. The highest BCUT2D eigenvalue weighted by molar-refractivity contribution is 5.90. The molecule has 0 aliphatic carbocycles. The van der Waals surface area contributed by atoms with E-state index in [0.29, 0.717) is 0 Å². The quantitative estimate of drug-likeness (QED) is 0.843. The minimum atomic E-state index is -4.56. The summed E-state index contributed by atoms with van der Waals surface area (Å²) in [6.07, 6.45) is -4.29. The van der Waals surface area contributed by atoms with E-state index < -0.39 is 23.8 Å². The number of para-hydroxylation sites is 1. The van der Waals surface area contributed by atoms with Gasteiger partial charge in [-0.2, -0.15) is 13.2 Å². The number of amides is 2. The molecular weight excluding hydrogens is 333 g/mol. The van der Waals surface area contributed by atoms with Crippen LogP contribution in [-0.4, -0.2) is 29.7 Å². The third-order valence-corrected chi connectivity index (χ3v) is 3.85. The number of carbonyl (C=O) groups is 1. The first-order valence-corrected chi connectivity index (χ1v) is 7.70. The van der Waals surface area contributed by atoms with Crippen LogP contribution in [0.5, 0.6) is 0 Å². The van der Waals surface area contributed by atoms with Crippen molar-refractivity contribution in [1.29, 1.82) is 0 Å². The average molecular weight is 352 g/mol. The standard InChI is InChI=1S/C18H19F3N2O2/c1-23(16(11-12-24)13-7-3-2-4-8-13)17(25)22-15-10-6-5-9-14(15)18(19,20)21/h2-10,16,24H,11-12H2,1H3,(H,22,25). The second-order valence-corrected chi connectivity index (χ2v) is 5.52. The first kappa shape index (κ1) is 18.8. The predicted octanol–water partition coefficient (Wildman–Crippen LogP) is 4.29. The van der Waals surface area contributed by atoms with Crippen molar-refractivity contribution in [1.82, 2.24) is 4.90 Å². The Morgan fingerprint density at radius 1 is 1.12 bits per heavy atom. The van der Waals surface area contributed by atoms with Gasteiger partial charge in [0, 0.05) is 13.7 Å². The second-order valence-electron chi connectivity index (χ2n) is 5.52.